The van der Waals surface area contributed by atoms with Gasteiger partial charge in [-0.15, -0.1) is 0 Å². The lowest BCUT2D eigenvalue weighted by Gasteiger charge is -2.21. The van der Waals surface area contributed by atoms with Crippen LogP contribution in [0.5, 0.6) is 11.5 Å². The van der Waals surface area contributed by atoms with E-state index in [0.29, 0.717) is 46.9 Å². The Morgan fingerprint density at radius 1 is 1.03 bits per heavy atom. The zero-order chi connectivity index (χ0) is 25.1. The summed E-state index contributed by atoms with van der Waals surface area (Å²) in [7, 11) is 0. The number of carbonyl (C=O) groups is 2. The summed E-state index contributed by atoms with van der Waals surface area (Å²) >= 11 is 1.32. The van der Waals surface area contributed by atoms with Gasteiger partial charge in [-0.25, -0.2) is 4.98 Å². The van der Waals surface area contributed by atoms with Crippen molar-refractivity contribution in [1.82, 2.24) is 4.98 Å². The monoisotopic (exact) mass is 502 g/mol. The molecule has 2 aliphatic rings. The predicted molar refractivity (Wildman–Crippen MR) is 135 cm³/mol. The number of ketones is 1. The zero-order valence-electron chi connectivity index (χ0n) is 19.8. The van der Waals surface area contributed by atoms with E-state index in [0.717, 1.165) is 21.3 Å². The minimum absolute atomic E-state index is 0.0711. The Labute approximate surface area is 210 Å². The first kappa shape index (κ1) is 22.4. The fourth-order valence-corrected chi connectivity index (χ4v) is 5.88. The van der Waals surface area contributed by atoms with E-state index in [9.17, 15) is 14.7 Å². The highest BCUT2D eigenvalue weighted by Gasteiger charge is 2.49. The van der Waals surface area contributed by atoms with E-state index in [1.165, 1.54) is 16.2 Å². The van der Waals surface area contributed by atoms with Crippen LogP contribution in [0.2, 0.25) is 0 Å². The van der Waals surface area contributed by atoms with Crippen LogP contribution in [0.25, 0.3) is 16.0 Å². The van der Waals surface area contributed by atoms with E-state index in [2.05, 4.69) is 0 Å². The molecule has 182 valence electrons. The van der Waals surface area contributed by atoms with Crippen LogP contribution in [0.1, 0.15) is 34.3 Å². The van der Waals surface area contributed by atoms with Crippen molar-refractivity contribution < 1.29 is 28.6 Å². The van der Waals surface area contributed by atoms with Crippen LogP contribution in [0, 0.1) is 20.8 Å². The van der Waals surface area contributed by atoms with Gasteiger partial charge in [-0.1, -0.05) is 17.4 Å². The fourth-order valence-electron chi connectivity index (χ4n) is 4.71. The molecule has 1 saturated heterocycles. The number of rotatable bonds is 3. The van der Waals surface area contributed by atoms with Gasteiger partial charge in [0.05, 0.1) is 15.8 Å². The molecule has 4 heterocycles. The highest BCUT2D eigenvalue weighted by molar-refractivity contribution is 7.22. The van der Waals surface area contributed by atoms with Crippen LogP contribution in [0.3, 0.4) is 0 Å². The van der Waals surface area contributed by atoms with Crippen molar-refractivity contribution in [2.45, 2.75) is 26.8 Å². The van der Waals surface area contributed by atoms with Gasteiger partial charge in [0.25, 0.3) is 5.78 Å². The maximum absolute atomic E-state index is 13.4. The molecule has 1 amide bonds. The molecule has 1 atom stereocenters. The molecule has 2 aliphatic heterocycles. The normalized spacial score (nSPS) is 18.9. The summed E-state index contributed by atoms with van der Waals surface area (Å²) in [5, 5.41) is 11.7. The van der Waals surface area contributed by atoms with E-state index >= 15 is 0 Å². The first-order valence-electron chi connectivity index (χ1n) is 11.5. The minimum Gasteiger partial charge on any atom is -0.507 e. The summed E-state index contributed by atoms with van der Waals surface area (Å²) in [4.78, 5) is 32.8. The third-order valence-corrected chi connectivity index (χ3v) is 7.32. The van der Waals surface area contributed by atoms with Gasteiger partial charge in [0.15, 0.2) is 16.6 Å². The van der Waals surface area contributed by atoms with E-state index in [1.807, 2.05) is 26.0 Å². The number of aryl methyl sites for hydroxylation is 3. The molecule has 8 nitrogen and oxygen atoms in total. The van der Waals surface area contributed by atoms with E-state index in [-0.39, 0.29) is 11.3 Å². The maximum atomic E-state index is 13.4. The Morgan fingerprint density at radius 2 is 1.81 bits per heavy atom. The van der Waals surface area contributed by atoms with Gasteiger partial charge in [0, 0.05) is 5.56 Å². The number of aromatic nitrogens is 1. The molecule has 6 rings (SSSR count). The number of furan rings is 1. The Balaban J connectivity index is 1.54. The number of thiazole rings is 1. The van der Waals surface area contributed by atoms with Crippen molar-refractivity contribution in [1.29, 1.82) is 0 Å². The van der Waals surface area contributed by atoms with Gasteiger partial charge in [0.2, 0.25) is 0 Å². The van der Waals surface area contributed by atoms with Gasteiger partial charge in [-0.05, 0) is 68.3 Å². The highest BCUT2D eigenvalue weighted by Crippen LogP contribution is 2.45. The van der Waals surface area contributed by atoms with Crippen molar-refractivity contribution in [3.8, 4) is 11.5 Å². The van der Waals surface area contributed by atoms with Crippen LogP contribution in [0.4, 0.5) is 5.13 Å². The fraction of sp³-hybridized carbons (Fsp3) is 0.222. The average Bonchev–Trinajstić information content (AvgIpc) is 3.54. The molecule has 0 aliphatic carbocycles. The van der Waals surface area contributed by atoms with E-state index in [1.54, 1.807) is 37.3 Å². The Hall–Kier alpha value is -4.11. The minimum atomic E-state index is -0.978. The number of Topliss-reactive ketones (excluding diaryl/α,β-unsaturated/α-hetero) is 1. The first-order chi connectivity index (χ1) is 17.3. The molecule has 9 heteroatoms. The number of hydrogen-bond donors (Lipinski definition) is 1. The summed E-state index contributed by atoms with van der Waals surface area (Å²) in [6, 6.07) is 11.4. The Bertz CT molecular complexity index is 1600. The number of anilines is 1. The number of amides is 1. The largest absolute Gasteiger partial charge is 0.507 e. The van der Waals surface area contributed by atoms with Gasteiger partial charge in [0.1, 0.15) is 36.5 Å². The van der Waals surface area contributed by atoms with Crippen LogP contribution >= 0.6 is 11.3 Å². The average molecular weight is 503 g/mol. The van der Waals surface area contributed by atoms with Crippen molar-refractivity contribution in [2.75, 3.05) is 18.1 Å². The number of carbonyl (C=O) groups excluding carboxylic acids is 2. The highest BCUT2D eigenvalue weighted by atomic mass is 32.1. The molecule has 2 aromatic heterocycles. The number of aliphatic hydroxyl groups is 1. The number of benzene rings is 2. The second-order valence-corrected chi connectivity index (χ2v) is 9.91. The number of fused-ring (bicyclic) bond motifs is 2. The Kier molecular flexibility index (Phi) is 5.11. The molecular weight excluding hydrogens is 480 g/mol. The second kappa shape index (κ2) is 8.23. The maximum Gasteiger partial charge on any atom is 0.302 e. The van der Waals surface area contributed by atoms with Crippen LogP contribution < -0.4 is 14.4 Å². The predicted octanol–water partition coefficient (Wildman–Crippen LogP) is 5.21. The van der Waals surface area contributed by atoms with Crippen LogP contribution in [-0.4, -0.2) is 35.0 Å². The molecule has 1 N–H and O–H groups in total. The lowest BCUT2D eigenvalue weighted by molar-refractivity contribution is -0.132. The van der Waals surface area contributed by atoms with Crippen molar-refractivity contribution in [3.05, 3.63) is 76.2 Å². The number of aliphatic hydroxyl groups excluding tert-OH is 1. The third kappa shape index (κ3) is 3.46. The van der Waals surface area contributed by atoms with Crippen molar-refractivity contribution in [2.24, 2.45) is 0 Å². The summed E-state index contributed by atoms with van der Waals surface area (Å²) in [5.41, 5.74) is 3.09. The molecule has 0 spiro atoms. The summed E-state index contributed by atoms with van der Waals surface area (Å²) < 4.78 is 18.0. The van der Waals surface area contributed by atoms with E-state index < -0.39 is 17.7 Å². The van der Waals surface area contributed by atoms with Crippen LogP contribution in [-0.2, 0) is 9.59 Å². The quantitative estimate of drug-likeness (QED) is 0.233. The number of hydrogen-bond acceptors (Lipinski definition) is 8. The van der Waals surface area contributed by atoms with Gasteiger partial charge >= 0.3 is 5.91 Å². The zero-order valence-corrected chi connectivity index (χ0v) is 20.6. The SMILES string of the molecule is Cc1cc(C)c2nc(N3C(=O)C(=O)/C(=C(/O)c4ccc5c(c4)OCCO5)C3c3ccc(C)o3)sc2c1. The summed E-state index contributed by atoms with van der Waals surface area (Å²) in [6.45, 7) is 6.55. The molecule has 0 saturated carbocycles. The molecule has 2 aromatic carbocycles. The molecule has 4 aromatic rings. The summed E-state index contributed by atoms with van der Waals surface area (Å²) in [6.07, 6.45) is 0. The molecule has 1 unspecified atom stereocenters. The number of ether oxygens (including phenoxy) is 2. The standard InChI is InChI=1S/C27H22N2O6S/c1-13-10-14(2)22-20(11-13)36-27(28-22)29-23(18-6-4-15(3)35-18)21(25(31)26(29)32)24(30)16-5-7-17-19(12-16)34-9-8-33-17/h4-7,10-12,23,30H,8-9H2,1-3H3/b24-21+. The van der Waals surface area contributed by atoms with Gasteiger partial charge in [-0.2, -0.15) is 0 Å². The van der Waals surface area contributed by atoms with Gasteiger partial charge in [-0.3, -0.25) is 14.5 Å². The molecule has 36 heavy (non-hydrogen) atoms. The van der Waals surface area contributed by atoms with Crippen molar-refractivity contribution in [3.63, 3.8) is 0 Å². The smallest absolute Gasteiger partial charge is 0.302 e. The third-order valence-electron chi connectivity index (χ3n) is 6.32. The molecule has 1 fully saturated rings. The first-order valence-corrected chi connectivity index (χ1v) is 12.3. The lowest BCUT2D eigenvalue weighted by atomic mass is 9.99. The Morgan fingerprint density at radius 3 is 2.56 bits per heavy atom. The molecular formula is C27H22N2O6S. The second-order valence-electron chi connectivity index (χ2n) is 8.90. The summed E-state index contributed by atoms with van der Waals surface area (Å²) in [5.74, 6) is 0.0809. The lowest BCUT2D eigenvalue weighted by Crippen LogP contribution is -2.29. The number of nitrogens with zero attached hydrogens (tertiary/aromatic N) is 2. The molecule has 0 radical (unpaired) electrons. The van der Waals surface area contributed by atoms with Crippen molar-refractivity contribution >= 4 is 44.1 Å². The van der Waals surface area contributed by atoms with E-state index in [4.69, 9.17) is 18.9 Å². The van der Waals surface area contributed by atoms with Crippen LogP contribution in [0.15, 0.2) is 52.5 Å². The molecule has 0 bridgehead atoms. The van der Waals surface area contributed by atoms with Gasteiger partial charge < -0.3 is 19.0 Å². The topological polar surface area (TPSA) is 102 Å².